The van der Waals surface area contributed by atoms with Crippen molar-refractivity contribution >= 4 is 27.3 Å². The fourth-order valence-electron chi connectivity index (χ4n) is 3.54. The Labute approximate surface area is 189 Å². The fourth-order valence-corrected chi connectivity index (χ4v) is 5.19. The van der Waals surface area contributed by atoms with Crippen LogP contribution >= 0.6 is 11.6 Å². The quantitative estimate of drug-likeness (QED) is 0.391. The van der Waals surface area contributed by atoms with Crippen molar-refractivity contribution in [3.05, 3.63) is 69.6 Å². The topological polar surface area (TPSA) is 123 Å². The summed E-state index contributed by atoms with van der Waals surface area (Å²) < 4.78 is 33.0. The van der Waals surface area contributed by atoms with Gasteiger partial charge in [-0.3, -0.25) is 15.0 Å². The predicted molar refractivity (Wildman–Crippen MR) is 117 cm³/mol. The number of aromatic nitrogens is 2. The van der Waals surface area contributed by atoms with Crippen LogP contribution in [-0.4, -0.2) is 58.9 Å². The molecule has 1 aromatic heterocycles. The molecule has 1 unspecified atom stereocenters. The van der Waals surface area contributed by atoms with E-state index in [0.717, 1.165) is 11.6 Å². The highest BCUT2D eigenvalue weighted by Crippen LogP contribution is 2.28. The number of nitrogens with zero attached hydrogens (tertiary/aromatic N) is 5. The summed E-state index contributed by atoms with van der Waals surface area (Å²) in [6.45, 7) is 3.30. The van der Waals surface area contributed by atoms with Crippen molar-refractivity contribution in [2.75, 3.05) is 26.2 Å². The lowest BCUT2D eigenvalue weighted by Crippen LogP contribution is -2.49. The molecule has 1 fully saturated rings. The van der Waals surface area contributed by atoms with Crippen LogP contribution in [-0.2, 0) is 10.0 Å². The second-order valence-electron chi connectivity index (χ2n) is 7.33. The van der Waals surface area contributed by atoms with Crippen LogP contribution in [0, 0.1) is 10.1 Å². The van der Waals surface area contributed by atoms with E-state index in [0.29, 0.717) is 29.9 Å². The number of sulfonamides is 1. The van der Waals surface area contributed by atoms with Gasteiger partial charge in [0.2, 0.25) is 21.8 Å². The molecule has 2 aromatic carbocycles. The van der Waals surface area contributed by atoms with Crippen LogP contribution < -0.4 is 0 Å². The van der Waals surface area contributed by atoms with E-state index in [-0.39, 0.29) is 29.7 Å². The third kappa shape index (κ3) is 4.51. The fraction of sp³-hybridized carbons (Fsp3) is 0.300. The molecule has 0 aliphatic carbocycles. The zero-order valence-corrected chi connectivity index (χ0v) is 18.7. The van der Waals surface area contributed by atoms with Gasteiger partial charge in [0, 0.05) is 48.9 Å². The molecule has 2 heterocycles. The minimum absolute atomic E-state index is 0.0868. The van der Waals surface area contributed by atoms with Gasteiger partial charge in [-0.1, -0.05) is 23.7 Å². The van der Waals surface area contributed by atoms with E-state index in [1.54, 1.807) is 18.2 Å². The highest BCUT2D eigenvalue weighted by atomic mass is 35.5. The molecule has 0 radical (unpaired) electrons. The number of benzene rings is 2. The first-order chi connectivity index (χ1) is 15.3. The maximum absolute atomic E-state index is 12.9. The molecular weight excluding hydrogens is 458 g/mol. The molecule has 0 saturated carbocycles. The molecular formula is C20H20ClN5O5S. The van der Waals surface area contributed by atoms with Crippen molar-refractivity contribution in [3.63, 3.8) is 0 Å². The first-order valence-electron chi connectivity index (χ1n) is 9.84. The average Bonchev–Trinajstić information content (AvgIpc) is 3.29. The van der Waals surface area contributed by atoms with Crippen LogP contribution in [0.2, 0.25) is 5.02 Å². The molecule has 1 atom stereocenters. The number of hydrogen-bond donors (Lipinski definition) is 0. The molecule has 1 aliphatic rings. The maximum atomic E-state index is 12.9. The van der Waals surface area contributed by atoms with Gasteiger partial charge in [-0.25, -0.2) is 8.42 Å². The first-order valence-corrected chi connectivity index (χ1v) is 11.7. The predicted octanol–water partition coefficient (Wildman–Crippen LogP) is 3.37. The largest absolute Gasteiger partial charge is 0.419 e. The lowest BCUT2D eigenvalue weighted by atomic mass is 10.2. The summed E-state index contributed by atoms with van der Waals surface area (Å²) in [5, 5.41) is 19.8. The third-order valence-electron chi connectivity index (χ3n) is 5.36. The van der Waals surface area contributed by atoms with Crippen LogP contribution in [0.5, 0.6) is 0 Å². The highest BCUT2D eigenvalue weighted by Gasteiger charge is 2.32. The van der Waals surface area contributed by atoms with Gasteiger partial charge in [0.05, 0.1) is 15.9 Å². The van der Waals surface area contributed by atoms with Crippen LogP contribution in [0.25, 0.3) is 11.5 Å². The van der Waals surface area contributed by atoms with Gasteiger partial charge in [-0.05, 0) is 31.2 Å². The van der Waals surface area contributed by atoms with Gasteiger partial charge < -0.3 is 4.42 Å². The minimum atomic E-state index is -3.83. The lowest BCUT2D eigenvalue weighted by Gasteiger charge is -2.36. The van der Waals surface area contributed by atoms with Gasteiger partial charge in [-0.2, -0.15) is 4.31 Å². The van der Waals surface area contributed by atoms with E-state index in [1.165, 1.54) is 22.5 Å². The summed E-state index contributed by atoms with van der Waals surface area (Å²) in [6.07, 6.45) is 0. The van der Waals surface area contributed by atoms with Crippen LogP contribution in [0.1, 0.15) is 18.9 Å². The van der Waals surface area contributed by atoms with E-state index < -0.39 is 14.9 Å². The normalized spacial score (nSPS) is 16.7. The number of nitro benzene ring substituents is 1. The molecule has 1 aliphatic heterocycles. The van der Waals surface area contributed by atoms with Crippen molar-refractivity contribution in [1.82, 2.24) is 19.4 Å². The number of rotatable bonds is 6. The molecule has 0 bridgehead atoms. The second kappa shape index (κ2) is 8.94. The van der Waals surface area contributed by atoms with Crippen LogP contribution in [0.3, 0.4) is 0 Å². The Hall–Kier alpha value is -2.86. The average molecular weight is 478 g/mol. The number of nitro groups is 1. The zero-order valence-electron chi connectivity index (χ0n) is 17.1. The monoisotopic (exact) mass is 477 g/mol. The Balaban J connectivity index is 1.43. The number of halogens is 1. The standard InChI is InChI=1S/C20H20ClN5O5S/c1-14(19-22-23-20(31-19)15-4-2-5-16(21)12-15)24-8-10-25(11-9-24)32(29,30)18-7-3-6-17(13-18)26(27)28/h2-7,12-14H,8-11H2,1H3. The van der Waals surface area contributed by atoms with Crippen molar-refractivity contribution in [2.24, 2.45) is 0 Å². The van der Waals surface area contributed by atoms with E-state index in [9.17, 15) is 18.5 Å². The lowest BCUT2D eigenvalue weighted by molar-refractivity contribution is -0.385. The van der Waals surface area contributed by atoms with Gasteiger partial charge in [-0.15, -0.1) is 10.2 Å². The van der Waals surface area contributed by atoms with Crippen molar-refractivity contribution in [2.45, 2.75) is 17.9 Å². The third-order valence-corrected chi connectivity index (χ3v) is 7.49. The van der Waals surface area contributed by atoms with Crippen LogP contribution in [0.4, 0.5) is 5.69 Å². The molecule has 0 N–H and O–H groups in total. The zero-order chi connectivity index (χ0) is 22.9. The van der Waals surface area contributed by atoms with Crippen LogP contribution in [0.15, 0.2) is 57.8 Å². The molecule has 12 heteroatoms. The summed E-state index contributed by atoms with van der Waals surface area (Å²) >= 11 is 6.02. The summed E-state index contributed by atoms with van der Waals surface area (Å²) in [6, 6.07) is 12.0. The van der Waals surface area contributed by atoms with Crippen molar-refractivity contribution < 1.29 is 17.8 Å². The molecule has 3 aromatic rings. The highest BCUT2D eigenvalue weighted by molar-refractivity contribution is 7.89. The van der Waals surface area contributed by atoms with Crippen molar-refractivity contribution in [3.8, 4) is 11.5 Å². The molecule has 168 valence electrons. The number of piperazine rings is 1. The van der Waals surface area contributed by atoms with Gasteiger partial charge >= 0.3 is 0 Å². The molecule has 0 spiro atoms. The summed E-state index contributed by atoms with van der Waals surface area (Å²) in [7, 11) is -3.83. The van der Waals surface area contributed by atoms with Gasteiger partial charge in [0.25, 0.3) is 5.69 Å². The summed E-state index contributed by atoms with van der Waals surface area (Å²) in [5.74, 6) is 0.788. The van der Waals surface area contributed by atoms with Gasteiger partial charge in [0.1, 0.15) is 0 Å². The maximum Gasteiger partial charge on any atom is 0.270 e. The summed E-state index contributed by atoms with van der Waals surface area (Å²) in [5.41, 5.74) is 0.460. The first kappa shape index (κ1) is 22.3. The molecule has 10 nitrogen and oxygen atoms in total. The molecule has 4 rings (SSSR count). The number of hydrogen-bond acceptors (Lipinski definition) is 8. The minimum Gasteiger partial charge on any atom is -0.419 e. The molecule has 32 heavy (non-hydrogen) atoms. The molecule has 1 saturated heterocycles. The smallest absolute Gasteiger partial charge is 0.270 e. The Kier molecular flexibility index (Phi) is 6.24. The Bertz CT molecular complexity index is 1240. The SMILES string of the molecule is CC(c1nnc(-c2cccc(Cl)c2)o1)N1CCN(S(=O)(=O)c2cccc([N+](=O)[O-])c2)CC1. The molecule has 0 amide bonds. The van der Waals surface area contributed by atoms with E-state index in [4.69, 9.17) is 16.0 Å². The Morgan fingerprint density at radius 3 is 2.50 bits per heavy atom. The van der Waals surface area contributed by atoms with Crippen molar-refractivity contribution in [1.29, 1.82) is 0 Å². The summed E-state index contributed by atoms with van der Waals surface area (Å²) in [4.78, 5) is 12.3. The van der Waals surface area contributed by atoms with E-state index >= 15 is 0 Å². The van der Waals surface area contributed by atoms with E-state index in [1.807, 2.05) is 13.0 Å². The second-order valence-corrected chi connectivity index (χ2v) is 9.70. The number of non-ortho nitro benzene ring substituents is 1. The Morgan fingerprint density at radius 1 is 1.09 bits per heavy atom. The van der Waals surface area contributed by atoms with E-state index in [2.05, 4.69) is 15.1 Å². The Morgan fingerprint density at radius 2 is 1.81 bits per heavy atom. The van der Waals surface area contributed by atoms with Gasteiger partial charge in [0.15, 0.2) is 0 Å².